The first kappa shape index (κ1) is 13.6. The Labute approximate surface area is 105 Å². The Morgan fingerprint density at radius 2 is 1.62 bits per heavy atom. The van der Waals surface area contributed by atoms with Gasteiger partial charge in [-0.15, -0.1) is 11.8 Å². The molecule has 0 nitrogen and oxygen atoms in total. The zero-order valence-corrected chi connectivity index (χ0v) is 11.1. The van der Waals surface area contributed by atoms with Crippen molar-refractivity contribution in [3.63, 3.8) is 0 Å². The molecule has 0 atom stereocenters. The van der Waals surface area contributed by atoms with E-state index in [1.165, 1.54) is 49.2 Å². The fourth-order valence-electron chi connectivity index (χ4n) is 1.69. The maximum Gasteiger partial charge on any atom is 0.00719 e. The Kier molecular flexibility index (Phi) is 8.33. The summed E-state index contributed by atoms with van der Waals surface area (Å²) in [5.74, 6) is 1.27. The molecule has 1 rings (SSSR count). The van der Waals surface area contributed by atoms with Crippen LogP contribution >= 0.6 is 11.8 Å². The normalized spacial score (nSPS) is 10.6. The summed E-state index contributed by atoms with van der Waals surface area (Å²) in [5, 5.41) is 0. The molecule has 0 aliphatic heterocycles. The van der Waals surface area contributed by atoms with Crippen LogP contribution in [0.3, 0.4) is 0 Å². The minimum atomic E-state index is 1.27. The monoisotopic (exact) mass is 235 g/mol. The van der Waals surface area contributed by atoms with Crippen molar-refractivity contribution in [2.75, 3.05) is 5.75 Å². The Morgan fingerprint density at radius 3 is 2.38 bits per heavy atom. The molecule has 0 spiro atoms. The van der Waals surface area contributed by atoms with Gasteiger partial charge >= 0.3 is 0 Å². The SMILES string of the molecule is C[CH]CCCCCCCSc1ccccc1. The third kappa shape index (κ3) is 6.95. The number of thioether (sulfide) groups is 1. The van der Waals surface area contributed by atoms with E-state index in [0.29, 0.717) is 0 Å². The van der Waals surface area contributed by atoms with E-state index in [4.69, 9.17) is 0 Å². The van der Waals surface area contributed by atoms with Gasteiger partial charge in [0.2, 0.25) is 0 Å². The van der Waals surface area contributed by atoms with E-state index in [1.54, 1.807) is 0 Å². The lowest BCUT2D eigenvalue weighted by molar-refractivity contribution is 0.631. The fourth-order valence-corrected chi connectivity index (χ4v) is 2.62. The van der Waals surface area contributed by atoms with Crippen molar-refractivity contribution < 1.29 is 0 Å². The summed E-state index contributed by atoms with van der Waals surface area (Å²) in [6.45, 7) is 2.15. The molecule has 0 saturated heterocycles. The second kappa shape index (κ2) is 9.77. The van der Waals surface area contributed by atoms with Gasteiger partial charge in [-0.05, 0) is 30.7 Å². The second-order valence-electron chi connectivity index (χ2n) is 4.13. The second-order valence-corrected chi connectivity index (χ2v) is 5.29. The summed E-state index contributed by atoms with van der Waals surface area (Å²) < 4.78 is 0. The van der Waals surface area contributed by atoms with E-state index in [1.807, 2.05) is 11.8 Å². The van der Waals surface area contributed by atoms with Gasteiger partial charge in [0.15, 0.2) is 0 Å². The topological polar surface area (TPSA) is 0 Å². The average molecular weight is 235 g/mol. The quantitative estimate of drug-likeness (QED) is 0.411. The van der Waals surface area contributed by atoms with Crippen LogP contribution in [0.15, 0.2) is 35.2 Å². The molecule has 0 fully saturated rings. The van der Waals surface area contributed by atoms with Crippen LogP contribution in [-0.4, -0.2) is 5.75 Å². The van der Waals surface area contributed by atoms with Gasteiger partial charge in [0.25, 0.3) is 0 Å². The molecule has 0 aromatic heterocycles. The minimum Gasteiger partial charge on any atom is -0.126 e. The van der Waals surface area contributed by atoms with Crippen LogP contribution < -0.4 is 0 Å². The predicted molar refractivity (Wildman–Crippen MR) is 74.8 cm³/mol. The highest BCUT2D eigenvalue weighted by Crippen LogP contribution is 2.19. The largest absolute Gasteiger partial charge is 0.126 e. The van der Waals surface area contributed by atoms with Crippen molar-refractivity contribution in [2.24, 2.45) is 0 Å². The number of hydrogen-bond acceptors (Lipinski definition) is 1. The summed E-state index contributed by atoms with van der Waals surface area (Å²) >= 11 is 1.98. The molecular formula is C15H23S. The lowest BCUT2D eigenvalue weighted by Crippen LogP contribution is -1.83. The summed E-state index contributed by atoms with van der Waals surface area (Å²) in [6, 6.07) is 10.7. The summed E-state index contributed by atoms with van der Waals surface area (Å²) in [5.41, 5.74) is 0. The zero-order chi connectivity index (χ0) is 11.5. The fraction of sp³-hybridized carbons (Fsp3) is 0.533. The van der Waals surface area contributed by atoms with Gasteiger partial charge in [0, 0.05) is 4.90 Å². The first-order chi connectivity index (χ1) is 7.93. The van der Waals surface area contributed by atoms with Crippen molar-refractivity contribution in [3.05, 3.63) is 36.8 Å². The number of rotatable bonds is 9. The summed E-state index contributed by atoms with van der Waals surface area (Å²) in [7, 11) is 0. The Bertz CT molecular complexity index is 243. The Morgan fingerprint density at radius 1 is 0.938 bits per heavy atom. The van der Waals surface area contributed by atoms with E-state index in [-0.39, 0.29) is 0 Å². The molecule has 1 aromatic carbocycles. The van der Waals surface area contributed by atoms with Gasteiger partial charge in [-0.1, -0.05) is 57.2 Å². The lowest BCUT2D eigenvalue weighted by Gasteiger charge is -2.02. The Balaban J connectivity index is 1.89. The first-order valence-electron chi connectivity index (χ1n) is 6.39. The standard InChI is InChI=1S/C15H23S/c1-2-3-4-5-6-7-11-14-16-15-12-9-8-10-13-15/h2,8-10,12-13H,3-7,11,14H2,1H3. The molecular weight excluding hydrogens is 212 g/mol. The zero-order valence-electron chi connectivity index (χ0n) is 10.3. The van der Waals surface area contributed by atoms with Gasteiger partial charge < -0.3 is 0 Å². The van der Waals surface area contributed by atoms with Crippen molar-refractivity contribution in [1.29, 1.82) is 0 Å². The number of hydrogen-bond donors (Lipinski definition) is 0. The first-order valence-corrected chi connectivity index (χ1v) is 7.37. The van der Waals surface area contributed by atoms with Crippen molar-refractivity contribution >= 4 is 11.8 Å². The molecule has 16 heavy (non-hydrogen) atoms. The van der Waals surface area contributed by atoms with Crippen LogP contribution in [-0.2, 0) is 0 Å². The van der Waals surface area contributed by atoms with Crippen LogP contribution in [0.1, 0.15) is 45.4 Å². The van der Waals surface area contributed by atoms with E-state index < -0.39 is 0 Å². The molecule has 0 N–H and O–H groups in total. The molecule has 0 heterocycles. The molecule has 0 amide bonds. The van der Waals surface area contributed by atoms with Crippen molar-refractivity contribution in [1.82, 2.24) is 0 Å². The molecule has 0 aliphatic rings. The van der Waals surface area contributed by atoms with Crippen LogP contribution in [0.2, 0.25) is 0 Å². The summed E-state index contributed by atoms with van der Waals surface area (Å²) in [6.07, 6.45) is 10.5. The number of benzene rings is 1. The van der Waals surface area contributed by atoms with Crippen LogP contribution in [0, 0.1) is 6.42 Å². The van der Waals surface area contributed by atoms with Gasteiger partial charge in [-0.3, -0.25) is 0 Å². The third-order valence-electron chi connectivity index (χ3n) is 2.65. The molecule has 1 radical (unpaired) electrons. The van der Waals surface area contributed by atoms with E-state index in [0.717, 1.165) is 0 Å². The minimum absolute atomic E-state index is 1.27. The van der Waals surface area contributed by atoms with Crippen LogP contribution in [0.5, 0.6) is 0 Å². The highest BCUT2D eigenvalue weighted by Gasteiger charge is 1.93. The maximum absolute atomic E-state index is 2.27. The lowest BCUT2D eigenvalue weighted by atomic mass is 10.1. The van der Waals surface area contributed by atoms with Gasteiger partial charge in [-0.25, -0.2) is 0 Å². The highest BCUT2D eigenvalue weighted by molar-refractivity contribution is 7.99. The average Bonchev–Trinajstić information content (AvgIpc) is 2.34. The van der Waals surface area contributed by atoms with Crippen LogP contribution in [0.25, 0.3) is 0 Å². The Hall–Kier alpha value is -0.430. The molecule has 0 unspecified atom stereocenters. The van der Waals surface area contributed by atoms with Gasteiger partial charge in [-0.2, -0.15) is 0 Å². The van der Waals surface area contributed by atoms with E-state index in [2.05, 4.69) is 43.7 Å². The molecule has 0 aliphatic carbocycles. The smallest absolute Gasteiger partial charge is 0.00719 e. The maximum atomic E-state index is 2.27. The molecule has 0 saturated carbocycles. The van der Waals surface area contributed by atoms with Gasteiger partial charge in [0.05, 0.1) is 0 Å². The van der Waals surface area contributed by atoms with Crippen molar-refractivity contribution in [3.8, 4) is 0 Å². The van der Waals surface area contributed by atoms with Crippen molar-refractivity contribution in [2.45, 2.75) is 50.3 Å². The van der Waals surface area contributed by atoms with Gasteiger partial charge in [0.1, 0.15) is 0 Å². The van der Waals surface area contributed by atoms with Crippen LogP contribution in [0.4, 0.5) is 0 Å². The molecule has 0 bridgehead atoms. The summed E-state index contributed by atoms with van der Waals surface area (Å²) in [4.78, 5) is 1.41. The van der Waals surface area contributed by atoms with E-state index in [9.17, 15) is 0 Å². The third-order valence-corrected chi connectivity index (χ3v) is 3.75. The molecule has 1 aromatic rings. The highest BCUT2D eigenvalue weighted by atomic mass is 32.2. The molecule has 1 heteroatoms. The van der Waals surface area contributed by atoms with E-state index >= 15 is 0 Å². The predicted octanol–water partition coefficient (Wildman–Crippen LogP) is 5.34. The molecule has 89 valence electrons. The number of unbranched alkanes of at least 4 members (excludes halogenated alkanes) is 6.